The van der Waals surface area contributed by atoms with Gasteiger partial charge in [-0.3, -0.25) is 9.09 Å². The lowest BCUT2D eigenvalue weighted by molar-refractivity contribution is -0.0956. The van der Waals surface area contributed by atoms with Crippen LogP contribution in [0.25, 0.3) is 0 Å². The Labute approximate surface area is 140 Å². The molecule has 1 aromatic heterocycles. The SMILES string of the molecule is C[C@]1(O)[C@H](O)[C@@H](COP(=O)(O)O)O[C@@H]1n1cnc2c1NC(F)=NC2N. The summed E-state index contributed by atoms with van der Waals surface area (Å²) in [6.07, 6.45) is -4.85. The summed E-state index contributed by atoms with van der Waals surface area (Å²) >= 11 is 0. The number of hydrogen-bond acceptors (Lipinski definition) is 9. The van der Waals surface area contributed by atoms with Gasteiger partial charge < -0.3 is 35.8 Å². The minimum absolute atomic E-state index is 0.0778. The summed E-state index contributed by atoms with van der Waals surface area (Å²) in [5.74, 6) is 0.0778. The second-order valence-electron chi connectivity index (χ2n) is 5.86. The molecule has 7 N–H and O–H groups in total. The minimum atomic E-state index is -4.79. The fourth-order valence-electron chi connectivity index (χ4n) is 2.76. The number of halogens is 1. The van der Waals surface area contributed by atoms with Gasteiger partial charge >= 0.3 is 7.82 Å². The maximum atomic E-state index is 13.5. The normalized spacial score (nSPS) is 35.2. The number of rotatable bonds is 4. The fraction of sp³-hybridized carbons (Fsp3) is 0.636. The number of aliphatic hydroxyl groups excluding tert-OH is 1. The average Bonchev–Trinajstić information content (AvgIpc) is 2.97. The van der Waals surface area contributed by atoms with E-state index in [9.17, 15) is 19.2 Å². The Hall–Kier alpha value is -1.44. The quantitative estimate of drug-likeness (QED) is 0.271. The van der Waals surface area contributed by atoms with E-state index in [1.807, 2.05) is 0 Å². The maximum absolute atomic E-state index is 13.5. The van der Waals surface area contributed by atoms with Gasteiger partial charge in [-0.05, 0) is 6.92 Å². The van der Waals surface area contributed by atoms with Gasteiger partial charge in [0.25, 0.3) is 6.09 Å². The molecule has 0 amide bonds. The topological polar surface area (TPSA) is 185 Å². The summed E-state index contributed by atoms with van der Waals surface area (Å²) in [5, 5.41) is 23.1. The Morgan fingerprint density at radius 3 is 2.92 bits per heavy atom. The van der Waals surface area contributed by atoms with E-state index in [-0.39, 0.29) is 11.5 Å². The van der Waals surface area contributed by atoms with E-state index in [1.54, 1.807) is 0 Å². The van der Waals surface area contributed by atoms with Crippen molar-refractivity contribution in [3.63, 3.8) is 0 Å². The van der Waals surface area contributed by atoms with E-state index >= 15 is 0 Å². The molecule has 0 saturated carbocycles. The van der Waals surface area contributed by atoms with Crippen LogP contribution >= 0.6 is 7.82 Å². The van der Waals surface area contributed by atoms with Crippen molar-refractivity contribution in [1.29, 1.82) is 0 Å². The average molecular weight is 381 g/mol. The molecular formula is C11H17FN5O7P. The minimum Gasteiger partial charge on any atom is -0.387 e. The highest BCUT2D eigenvalue weighted by atomic mass is 31.2. The van der Waals surface area contributed by atoms with E-state index < -0.39 is 50.7 Å². The zero-order chi connectivity index (χ0) is 18.6. The molecule has 1 saturated heterocycles. The van der Waals surface area contributed by atoms with Crippen LogP contribution in [0.1, 0.15) is 25.0 Å². The lowest BCUT2D eigenvalue weighted by Gasteiger charge is -2.29. The lowest BCUT2D eigenvalue weighted by atomic mass is 9.96. The number of aliphatic hydroxyl groups is 2. The number of nitrogens with two attached hydrogens (primary N) is 1. The van der Waals surface area contributed by atoms with Crippen LogP contribution in [0.4, 0.5) is 10.2 Å². The summed E-state index contributed by atoms with van der Waals surface area (Å²) in [5.41, 5.74) is 3.97. The number of amidine groups is 1. The zero-order valence-corrected chi connectivity index (χ0v) is 13.7. The number of fused-ring (bicyclic) bond motifs is 1. The molecule has 12 nitrogen and oxygen atoms in total. The number of nitrogens with one attached hydrogen (secondary N) is 1. The fourth-order valence-corrected chi connectivity index (χ4v) is 3.10. The number of nitrogens with zero attached hydrogens (tertiary/aromatic N) is 3. The van der Waals surface area contributed by atoms with Gasteiger partial charge in [-0.15, -0.1) is 0 Å². The number of phosphoric acid groups is 1. The molecule has 0 radical (unpaired) electrons. The summed E-state index contributed by atoms with van der Waals surface area (Å²) < 4.78 is 35.3. The molecule has 2 aliphatic heterocycles. The molecule has 1 fully saturated rings. The summed E-state index contributed by atoms with van der Waals surface area (Å²) in [6.45, 7) is 0.581. The molecule has 5 atom stereocenters. The van der Waals surface area contributed by atoms with Gasteiger partial charge in [-0.2, -0.15) is 4.39 Å². The number of anilines is 1. The molecule has 14 heteroatoms. The molecule has 1 unspecified atom stereocenters. The van der Waals surface area contributed by atoms with Crippen molar-refractivity contribution in [2.24, 2.45) is 10.7 Å². The van der Waals surface area contributed by atoms with Crippen molar-refractivity contribution in [3.05, 3.63) is 12.0 Å². The number of phosphoric ester groups is 1. The van der Waals surface area contributed by atoms with Crippen molar-refractivity contribution in [2.75, 3.05) is 11.9 Å². The van der Waals surface area contributed by atoms with Crippen LogP contribution in [0.15, 0.2) is 11.3 Å². The smallest absolute Gasteiger partial charge is 0.387 e. The van der Waals surface area contributed by atoms with E-state index in [4.69, 9.17) is 20.3 Å². The van der Waals surface area contributed by atoms with Crippen molar-refractivity contribution < 1.29 is 38.2 Å². The molecule has 0 spiro atoms. The molecule has 25 heavy (non-hydrogen) atoms. The van der Waals surface area contributed by atoms with Crippen LogP contribution < -0.4 is 11.1 Å². The first-order valence-electron chi connectivity index (χ1n) is 7.09. The van der Waals surface area contributed by atoms with Crippen LogP contribution in [-0.2, 0) is 13.8 Å². The Bertz CT molecular complexity index is 749. The van der Waals surface area contributed by atoms with Gasteiger partial charge in [-0.25, -0.2) is 14.5 Å². The molecule has 3 heterocycles. The van der Waals surface area contributed by atoms with Gasteiger partial charge in [0.05, 0.1) is 12.9 Å². The third-order valence-corrected chi connectivity index (χ3v) is 4.48. The van der Waals surface area contributed by atoms with E-state index in [1.165, 1.54) is 17.8 Å². The highest BCUT2D eigenvalue weighted by Crippen LogP contribution is 2.43. The first kappa shape index (κ1) is 18.4. The third-order valence-electron chi connectivity index (χ3n) is 3.99. The molecule has 3 rings (SSSR count). The van der Waals surface area contributed by atoms with Crippen LogP contribution in [0.3, 0.4) is 0 Å². The number of aliphatic imine (C=N–C) groups is 1. The van der Waals surface area contributed by atoms with Crippen molar-refractivity contribution in [1.82, 2.24) is 9.55 Å². The first-order valence-corrected chi connectivity index (χ1v) is 8.62. The highest BCUT2D eigenvalue weighted by Gasteiger charge is 2.54. The van der Waals surface area contributed by atoms with Gasteiger partial charge in [0.15, 0.2) is 6.23 Å². The number of ether oxygens (including phenoxy) is 1. The highest BCUT2D eigenvalue weighted by molar-refractivity contribution is 7.46. The first-order chi connectivity index (χ1) is 11.5. The van der Waals surface area contributed by atoms with Crippen LogP contribution in [0.5, 0.6) is 0 Å². The predicted molar refractivity (Wildman–Crippen MR) is 79.9 cm³/mol. The van der Waals surface area contributed by atoms with Gasteiger partial charge in [-0.1, -0.05) is 0 Å². The number of aromatic nitrogens is 2. The molecule has 140 valence electrons. The molecule has 0 aliphatic carbocycles. The van der Waals surface area contributed by atoms with Crippen LogP contribution in [0, 0.1) is 0 Å². The van der Waals surface area contributed by atoms with E-state index in [0.717, 1.165) is 0 Å². The number of hydrogen-bond donors (Lipinski definition) is 6. The third kappa shape index (κ3) is 3.32. The lowest BCUT2D eigenvalue weighted by Crippen LogP contribution is -2.44. The molecule has 2 aliphatic rings. The second-order valence-corrected chi connectivity index (χ2v) is 7.10. The van der Waals surface area contributed by atoms with Gasteiger partial charge in [0, 0.05) is 0 Å². The van der Waals surface area contributed by atoms with Crippen LogP contribution in [-0.4, -0.2) is 60.1 Å². The monoisotopic (exact) mass is 381 g/mol. The molecule has 0 aromatic carbocycles. The maximum Gasteiger partial charge on any atom is 0.469 e. The second kappa shape index (κ2) is 6.07. The van der Waals surface area contributed by atoms with E-state index in [2.05, 4.69) is 19.8 Å². The summed E-state index contributed by atoms with van der Waals surface area (Å²) in [7, 11) is -4.79. The van der Waals surface area contributed by atoms with Crippen molar-refractivity contribution in [3.8, 4) is 0 Å². The Morgan fingerprint density at radius 1 is 1.60 bits per heavy atom. The molecule has 1 aromatic rings. The number of imidazole rings is 1. The largest absolute Gasteiger partial charge is 0.469 e. The van der Waals surface area contributed by atoms with E-state index in [0.29, 0.717) is 0 Å². The van der Waals surface area contributed by atoms with Gasteiger partial charge in [0.1, 0.15) is 35.5 Å². The Balaban J connectivity index is 1.87. The van der Waals surface area contributed by atoms with Crippen molar-refractivity contribution in [2.45, 2.75) is 37.1 Å². The van der Waals surface area contributed by atoms with Gasteiger partial charge in [0.2, 0.25) is 0 Å². The summed E-state index contributed by atoms with van der Waals surface area (Å²) in [4.78, 5) is 25.0. The van der Waals surface area contributed by atoms with Crippen LogP contribution in [0.2, 0.25) is 0 Å². The predicted octanol–water partition coefficient (Wildman–Crippen LogP) is -1.29. The standard InChI is InChI=1S/C11H17FN5O7P/c1-11(19)6(18)4(2-23-25(20,21)22)24-9(11)17-3-14-5-7(13)15-10(12)16-8(5)17/h3-4,6-7,9,18-19H,2,13H2,1H3,(H,15,16)(H2,20,21,22)/t4-,6-,7?,9+,11+/m1/s1. The molecular weight excluding hydrogens is 364 g/mol. The van der Waals surface area contributed by atoms with Crippen molar-refractivity contribution >= 4 is 19.7 Å². The Morgan fingerprint density at radius 2 is 2.28 bits per heavy atom. The summed E-state index contributed by atoms with van der Waals surface area (Å²) in [6, 6.07) is 0. The Kier molecular flexibility index (Phi) is 4.46. The zero-order valence-electron chi connectivity index (χ0n) is 12.9. The molecule has 0 bridgehead atoms.